The van der Waals surface area contributed by atoms with E-state index in [2.05, 4.69) is 5.32 Å². The van der Waals surface area contributed by atoms with Crippen molar-refractivity contribution in [2.75, 3.05) is 11.9 Å². The maximum atomic E-state index is 12.2. The summed E-state index contributed by atoms with van der Waals surface area (Å²) in [6.07, 6.45) is 2.03. The number of anilines is 1. The topological polar surface area (TPSA) is 49.4 Å². The molecule has 0 unspecified atom stereocenters. The van der Waals surface area contributed by atoms with Crippen LogP contribution in [0.15, 0.2) is 18.2 Å². The van der Waals surface area contributed by atoms with E-state index in [9.17, 15) is 9.59 Å². The molecule has 0 atom stereocenters. The minimum atomic E-state index is -0.486. The quantitative estimate of drug-likeness (QED) is 0.914. The van der Waals surface area contributed by atoms with Crippen LogP contribution in [0.4, 0.5) is 5.69 Å². The lowest BCUT2D eigenvalue weighted by Crippen LogP contribution is -2.33. The predicted octanol–water partition coefficient (Wildman–Crippen LogP) is 1.97. The van der Waals surface area contributed by atoms with Crippen molar-refractivity contribution in [2.24, 2.45) is 5.92 Å². The van der Waals surface area contributed by atoms with Gasteiger partial charge in [-0.1, -0.05) is 12.1 Å². The molecule has 4 nitrogen and oxygen atoms in total. The van der Waals surface area contributed by atoms with Gasteiger partial charge < -0.3 is 10.2 Å². The molecule has 0 saturated heterocycles. The first kappa shape index (κ1) is 13.2. The van der Waals surface area contributed by atoms with Crippen molar-refractivity contribution in [3.63, 3.8) is 0 Å². The first-order valence-corrected chi connectivity index (χ1v) is 7.10. The predicted molar refractivity (Wildman–Crippen MR) is 77.4 cm³/mol. The SMILES string of the molecule is CN1C(=O)C(C)(C)c2cc(CNC(=O)C3CC3)ccc21. The summed E-state index contributed by atoms with van der Waals surface area (Å²) in [6, 6.07) is 6.00. The Morgan fingerprint density at radius 3 is 2.75 bits per heavy atom. The van der Waals surface area contributed by atoms with Gasteiger partial charge in [0.2, 0.25) is 11.8 Å². The van der Waals surface area contributed by atoms with Gasteiger partial charge in [-0.05, 0) is 43.9 Å². The van der Waals surface area contributed by atoms with Gasteiger partial charge in [0.25, 0.3) is 0 Å². The molecule has 1 aromatic rings. The van der Waals surface area contributed by atoms with Crippen LogP contribution in [0.1, 0.15) is 37.8 Å². The van der Waals surface area contributed by atoms with E-state index in [1.54, 1.807) is 4.90 Å². The summed E-state index contributed by atoms with van der Waals surface area (Å²) in [5.41, 5.74) is 2.58. The monoisotopic (exact) mass is 272 g/mol. The van der Waals surface area contributed by atoms with Crippen LogP contribution in [-0.2, 0) is 21.5 Å². The smallest absolute Gasteiger partial charge is 0.236 e. The zero-order chi connectivity index (χ0) is 14.5. The number of carbonyl (C=O) groups is 2. The molecule has 1 aliphatic heterocycles. The lowest BCUT2D eigenvalue weighted by Gasteiger charge is -2.16. The molecule has 20 heavy (non-hydrogen) atoms. The van der Waals surface area contributed by atoms with Gasteiger partial charge in [-0.2, -0.15) is 0 Å². The largest absolute Gasteiger partial charge is 0.352 e. The number of hydrogen-bond acceptors (Lipinski definition) is 2. The van der Waals surface area contributed by atoms with Gasteiger partial charge in [0, 0.05) is 25.2 Å². The Morgan fingerprint density at radius 1 is 1.40 bits per heavy atom. The van der Waals surface area contributed by atoms with Crippen molar-refractivity contribution < 1.29 is 9.59 Å². The zero-order valence-electron chi connectivity index (χ0n) is 12.2. The maximum absolute atomic E-state index is 12.2. The molecule has 4 heteroatoms. The molecule has 0 spiro atoms. The molecular weight excluding hydrogens is 252 g/mol. The number of nitrogens with zero attached hydrogens (tertiary/aromatic N) is 1. The average Bonchev–Trinajstić information content (AvgIpc) is 3.24. The van der Waals surface area contributed by atoms with Crippen molar-refractivity contribution in [1.82, 2.24) is 5.32 Å². The van der Waals surface area contributed by atoms with Crippen molar-refractivity contribution in [1.29, 1.82) is 0 Å². The molecular formula is C16H20N2O2. The molecule has 2 amide bonds. The lowest BCUT2D eigenvalue weighted by atomic mass is 9.85. The number of fused-ring (bicyclic) bond motifs is 1. The van der Waals surface area contributed by atoms with Crippen LogP contribution < -0.4 is 10.2 Å². The minimum absolute atomic E-state index is 0.117. The van der Waals surface area contributed by atoms with E-state index in [1.807, 2.05) is 39.1 Å². The van der Waals surface area contributed by atoms with Gasteiger partial charge in [-0.3, -0.25) is 9.59 Å². The molecule has 1 saturated carbocycles. The summed E-state index contributed by atoms with van der Waals surface area (Å²) in [5, 5.41) is 2.96. The van der Waals surface area contributed by atoms with E-state index in [1.165, 1.54) is 0 Å². The highest BCUT2D eigenvalue weighted by molar-refractivity contribution is 6.07. The van der Waals surface area contributed by atoms with Crippen LogP contribution in [-0.4, -0.2) is 18.9 Å². The van der Waals surface area contributed by atoms with Crippen LogP contribution in [0.25, 0.3) is 0 Å². The average molecular weight is 272 g/mol. The molecule has 1 aliphatic carbocycles. The number of nitrogens with one attached hydrogen (secondary N) is 1. The minimum Gasteiger partial charge on any atom is -0.352 e. The molecule has 0 bridgehead atoms. The second-order valence-corrected chi connectivity index (χ2v) is 6.33. The first-order valence-electron chi connectivity index (χ1n) is 7.10. The fourth-order valence-corrected chi connectivity index (χ4v) is 2.81. The van der Waals surface area contributed by atoms with E-state index < -0.39 is 5.41 Å². The van der Waals surface area contributed by atoms with E-state index in [4.69, 9.17) is 0 Å². The van der Waals surface area contributed by atoms with Crippen LogP contribution in [0.5, 0.6) is 0 Å². The highest BCUT2D eigenvalue weighted by atomic mass is 16.2. The van der Waals surface area contributed by atoms with Gasteiger partial charge in [-0.25, -0.2) is 0 Å². The molecule has 0 radical (unpaired) electrons. The molecule has 2 aliphatic rings. The second kappa shape index (κ2) is 4.33. The van der Waals surface area contributed by atoms with E-state index in [-0.39, 0.29) is 17.7 Å². The Kier molecular flexibility index (Phi) is 2.85. The van der Waals surface area contributed by atoms with Crippen molar-refractivity contribution >= 4 is 17.5 Å². The molecule has 106 valence electrons. The Bertz CT molecular complexity index is 588. The molecule has 1 fully saturated rings. The Balaban J connectivity index is 1.81. The van der Waals surface area contributed by atoms with Crippen LogP contribution >= 0.6 is 0 Å². The summed E-state index contributed by atoms with van der Waals surface area (Å²) >= 11 is 0. The first-order chi connectivity index (χ1) is 9.41. The van der Waals surface area contributed by atoms with Gasteiger partial charge in [0.1, 0.15) is 0 Å². The molecule has 0 aromatic heterocycles. The second-order valence-electron chi connectivity index (χ2n) is 6.33. The van der Waals surface area contributed by atoms with Crippen molar-refractivity contribution in [3.05, 3.63) is 29.3 Å². The van der Waals surface area contributed by atoms with E-state index in [0.29, 0.717) is 6.54 Å². The van der Waals surface area contributed by atoms with Crippen LogP contribution in [0, 0.1) is 5.92 Å². The Morgan fingerprint density at radius 2 is 2.10 bits per heavy atom. The summed E-state index contributed by atoms with van der Waals surface area (Å²) in [7, 11) is 1.81. The molecule has 3 rings (SSSR count). The third-order valence-corrected chi connectivity index (χ3v) is 4.35. The molecule has 1 N–H and O–H groups in total. The fraction of sp³-hybridized carbons (Fsp3) is 0.500. The highest BCUT2D eigenvalue weighted by Gasteiger charge is 2.42. The zero-order valence-corrected chi connectivity index (χ0v) is 12.2. The number of rotatable bonds is 3. The van der Waals surface area contributed by atoms with Gasteiger partial charge >= 0.3 is 0 Å². The highest BCUT2D eigenvalue weighted by Crippen LogP contribution is 2.41. The number of carbonyl (C=O) groups excluding carboxylic acids is 2. The van der Waals surface area contributed by atoms with Crippen molar-refractivity contribution in [2.45, 2.75) is 38.6 Å². The Hall–Kier alpha value is -1.84. The standard InChI is InChI=1S/C16H20N2O2/c1-16(2)12-8-10(9-17-14(19)11-5-6-11)4-7-13(12)18(3)15(16)20/h4,7-8,11H,5-6,9H2,1-3H3,(H,17,19). The third kappa shape index (κ3) is 1.99. The summed E-state index contributed by atoms with van der Waals surface area (Å²) in [4.78, 5) is 25.6. The Labute approximate surface area is 119 Å². The summed E-state index contributed by atoms with van der Waals surface area (Å²) in [6.45, 7) is 4.44. The van der Waals surface area contributed by atoms with Gasteiger partial charge in [0.15, 0.2) is 0 Å². The van der Waals surface area contributed by atoms with Gasteiger partial charge in [-0.15, -0.1) is 0 Å². The number of hydrogen-bond donors (Lipinski definition) is 1. The van der Waals surface area contributed by atoms with Crippen LogP contribution in [0.2, 0.25) is 0 Å². The van der Waals surface area contributed by atoms with Gasteiger partial charge in [0.05, 0.1) is 5.41 Å². The van der Waals surface area contributed by atoms with Crippen LogP contribution in [0.3, 0.4) is 0 Å². The van der Waals surface area contributed by atoms with E-state index in [0.717, 1.165) is 29.7 Å². The number of likely N-dealkylation sites (N-methyl/N-ethyl adjacent to an activating group) is 1. The summed E-state index contributed by atoms with van der Waals surface area (Å²) in [5.74, 6) is 0.498. The molecule has 1 heterocycles. The maximum Gasteiger partial charge on any atom is 0.236 e. The number of amides is 2. The molecule has 1 aromatic carbocycles. The lowest BCUT2D eigenvalue weighted by molar-refractivity contribution is -0.123. The van der Waals surface area contributed by atoms with Crippen molar-refractivity contribution in [3.8, 4) is 0 Å². The third-order valence-electron chi connectivity index (χ3n) is 4.35. The normalized spacial score (nSPS) is 19.9. The number of benzene rings is 1. The summed E-state index contributed by atoms with van der Waals surface area (Å²) < 4.78 is 0. The van der Waals surface area contributed by atoms with E-state index >= 15 is 0 Å². The fourth-order valence-electron chi connectivity index (χ4n) is 2.81.